The van der Waals surface area contributed by atoms with Crippen LogP contribution in [0.2, 0.25) is 0 Å². The molecule has 0 aliphatic carbocycles. The van der Waals surface area contributed by atoms with Gasteiger partial charge in [0.15, 0.2) is 0 Å². The highest BCUT2D eigenvalue weighted by molar-refractivity contribution is 5.95. The molecular formula is C22H31N3O2. The molecule has 1 aromatic carbocycles. The quantitative estimate of drug-likeness (QED) is 0.852. The minimum atomic E-state index is 0.0182. The van der Waals surface area contributed by atoms with Gasteiger partial charge in [0.25, 0.3) is 5.91 Å². The van der Waals surface area contributed by atoms with Gasteiger partial charge >= 0.3 is 0 Å². The minimum Gasteiger partial charge on any atom is -0.379 e. The Morgan fingerprint density at radius 2 is 1.85 bits per heavy atom. The molecule has 1 aromatic heterocycles. The van der Waals surface area contributed by atoms with Gasteiger partial charge in [-0.3, -0.25) is 9.69 Å². The lowest BCUT2D eigenvalue weighted by Gasteiger charge is -2.26. The molecule has 1 amide bonds. The number of hydrogen-bond donors (Lipinski definition) is 1. The smallest absolute Gasteiger partial charge is 0.268 e. The van der Waals surface area contributed by atoms with E-state index in [9.17, 15) is 4.79 Å². The zero-order valence-corrected chi connectivity index (χ0v) is 17.0. The molecule has 0 atom stereocenters. The Kier molecular flexibility index (Phi) is 6.34. The van der Waals surface area contributed by atoms with Gasteiger partial charge in [0.05, 0.1) is 13.2 Å². The lowest BCUT2D eigenvalue weighted by atomic mass is 10.1. The third-order valence-electron chi connectivity index (χ3n) is 5.59. The van der Waals surface area contributed by atoms with E-state index in [1.807, 2.05) is 6.92 Å². The van der Waals surface area contributed by atoms with Gasteiger partial charge in [-0.05, 0) is 44.4 Å². The van der Waals surface area contributed by atoms with Gasteiger partial charge in [0, 0.05) is 38.4 Å². The van der Waals surface area contributed by atoms with Crippen molar-refractivity contribution in [2.24, 2.45) is 0 Å². The summed E-state index contributed by atoms with van der Waals surface area (Å²) in [5, 5.41) is 3.12. The van der Waals surface area contributed by atoms with Crippen molar-refractivity contribution in [2.45, 2.75) is 34.2 Å². The summed E-state index contributed by atoms with van der Waals surface area (Å²) >= 11 is 0. The second-order valence-electron chi connectivity index (χ2n) is 7.47. The fraction of sp³-hybridized carbons (Fsp3) is 0.500. The zero-order chi connectivity index (χ0) is 19.4. The van der Waals surface area contributed by atoms with Crippen molar-refractivity contribution >= 4 is 5.91 Å². The van der Waals surface area contributed by atoms with Crippen LogP contribution < -0.4 is 5.32 Å². The number of hydrogen-bond acceptors (Lipinski definition) is 3. The highest BCUT2D eigenvalue weighted by Crippen LogP contribution is 2.23. The molecule has 0 saturated carbocycles. The highest BCUT2D eigenvalue weighted by Gasteiger charge is 2.21. The fourth-order valence-electron chi connectivity index (χ4n) is 3.74. The number of aromatic nitrogens is 1. The maximum Gasteiger partial charge on any atom is 0.268 e. The standard InChI is InChI=1S/C22H31N3O2/c1-16-6-5-7-20(14-16)15-25-19(4)17(2)18(3)21(25)22(26)23-8-9-24-10-12-27-13-11-24/h5-7,14H,8-13,15H2,1-4H3,(H,23,26). The minimum absolute atomic E-state index is 0.0182. The van der Waals surface area contributed by atoms with Gasteiger partial charge in [-0.1, -0.05) is 29.8 Å². The van der Waals surface area contributed by atoms with Crippen LogP contribution in [0, 0.1) is 27.7 Å². The zero-order valence-electron chi connectivity index (χ0n) is 17.0. The van der Waals surface area contributed by atoms with Gasteiger partial charge in [0.2, 0.25) is 0 Å². The first-order valence-corrected chi connectivity index (χ1v) is 9.77. The monoisotopic (exact) mass is 369 g/mol. The molecule has 0 unspecified atom stereocenters. The predicted molar refractivity (Wildman–Crippen MR) is 109 cm³/mol. The number of amides is 1. The van der Waals surface area contributed by atoms with Crippen molar-refractivity contribution in [2.75, 3.05) is 39.4 Å². The number of rotatable bonds is 6. The molecule has 5 heteroatoms. The first kappa shape index (κ1) is 19.6. The van der Waals surface area contributed by atoms with Crippen molar-refractivity contribution in [1.29, 1.82) is 0 Å². The first-order chi connectivity index (χ1) is 13.0. The van der Waals surface area contributed by atoms with E-state index in [2.05, 4.69) is 59.8 Å². The van der Waals surface area contributed by atoms with Crippen molar-refractivity contribution in [3.8, 4) is 0 Å². The number of morpholine rings is 1. The molecule has 27 heavy (non-hydrogen) atoms. The summed E-state index contributed by atoms with van der Waals surface area (Å²) < 4.78 is 7.53. The molecular weight excluding hydrogens is 338 g/mol. The molecule has 5 nitrogen and oxygen atoms in total. The average molecular weight is 370 g/mol. The van der Waals surface area contributed by atoms with E-state index in [1.165, 1.54) is 16.7 Å². The van der Waals surface area contributed by atoms with Crippen molar-refractivity contribution in [1.82, 2.24) is 14.8 Å². The summed E-state index contributed by atoms with van der Waals surface area (Å²) in [4.78, 5) is 15.3. The molecule has 146 valence electrons. The van der Waals surface area contributed by atoms with E-state index in [1.54, 1.807) is 0 Å². The predicted octanol–water partition coefficient (Wildman–Crippen LogP) is 2.83. The second-order valence-corrected chi connectivity index (χ2v) is 7.47. The van der Waals surface area contributed by atoms with Crippen LogP contribution >= 0.6 is 0 Å². The van der Waals surface area contributed by atoms with Crippen LogP contribution in [0.1, 0.15) is 38.4 Å². The lowest BCUT2D eigenvalue weighted by molar-refractivity contribution is 0.0383. The molecule has 1 saturated heterocycles. The molecule has 1 N–H and O–H groups in total. The van der Waals surface area contributed by atoms with Crippen LogP contribution in [0.4, 0.5) is 0 Å². The molecule has 1 aliphatic heterocycles. The number of carbonyl (C=O) groups is 1. The maximum absolute atomic E-state index is 13.0. The number of aryl methyl sites for hydroxylation is 1. The molecule has 0 spiro atoms. The number of nitrogens with one attached hydrogen (secondary N) is 1. The van der Waals surface area contributed by atoms with E-state index < -0.39 is 0 Å². The van der Waals surface area contributed by atoms with Crippen LogP contribution in [0.5, 0.6) is 0 Å². The van der Waals surface area contributed by atoms with Crippen molar-refractivity contribution in [3.05, 3.63) is 57.9 Å². The van der Waals surface area contributed by atoms with Crippen LogP contribution in [0.25, 0.3) is 0 Å². The van der Waals surface area contributed by atoms with E-state index in [4.69, 9.17) is 4.74 Å². The summed E-state index contributed by atoms with van der Waals surface area (Å²) in [5.74, 6) is 0.0182. The van der Waals surface area contributed by atoms with E-state index in [0.717, 1.165) is 49.8 Å². The summed E-state index contributed by atoms with van der Waals surface area (Å²) in [6.07, 6.45) is 0. The van der Waals surface area contributed by atoms with E-state index in [-0.39, 0.29) is 5.91 Å². The highest BCUT2D eigenvalue weighted by atomic mass is 16.5. The third-order valence-corrected chi connectivity index (χ3v) is 5.59. The van der Waals surface area contributed by atoms with Crippen molar-refractivity contribution < 1.29 is 9.53 Å². The molecule has 0 bridgehead atoms. The molecule has 3 rings (SSSR count). The van der Waals surface area contributed by atoms with Gasteiger partial charge < -0.3 is 14.6 Å². The summed E-state index contributed by atoms with van der Waals surface area (Å²) in [6.45, 7) is 14.0. The van der Waals surface area contributed by atoms with Crippen LogP contribution in [0.15, 0.2) is 24.3 Å². The topological polar surface area (TPSA) is 46.5 Å². The number of carbonyl (C=O) groups excluding carboxylic acids is 1. The molecule has 0 radical (unpaired) electrons. The average Bonchev–Trinajstić information content (AvgIpc) is 2.86. The summed E-state index contributed by atoms with van der Waals surface area (Å²) in [7, 11) is 0. The Hall–Kier alpha value is -2.11. The molecule has 1 fully saturated rings. The van der Waals surface area contributed by atoms with Crippen LogP contribution in [0.3, 0.4) is 0 Å². The fourth-order valence-corrected chi connectivity index (χ4v) is 3.74. The lowest BCUT2D eigenvalue weighted by Crippen LogP contribution is -2.41. The Balaban J connectivity index is 1.73. The van der Waals surface area contributed by atoms with Gasteiger partial charge in [-0.15, -0.1) is 0 Å². The third kappa shape index (κ3) is 4.60. The normalized spacial score (nSPS) is 15.1. The van der Waals surface area contributed by atoms with E-state index >= 15 is 0 Å². The Labute approximate surface area is 162 Å². The number of benzene rings is 1. The number of nitrogens with zero attached hydrogens (tertiary/aromatic N) is 2. The Bertz CT molecular complexity index is 804. The Morgan fingerprint density at radius 1 is 1.11 bits per heavy atom. The summed E-state index contributed by atoms with van der Waals surface area (Å²) in [5.41, 5.74) is 6.67. The second kappa shape index (κ2) is 8.72. The van der Waals surface area contributed by atoms with Crippen LogP contribution in [-0.4, -0.2) is 54.8 Å². The van der Waals surface area contributed by atoms with Gasteiger partial charge in [-0.25, -0.2) is 0 Å². The Morgan fingerprint density at radius 3 is 2.56 bits per heavy atom. The SMILES string of the molecule is Cc1cccc(Cn2c(C)c(C)c(C)c2C(=O)NCCN2CCOCC2)c1. The van der Waals surface area contributed by atoms with Gasteiger partial charge in [-0.2, -0.15) is 0 Å². The molecule has 2 aromatic rings. The maximum atomic E-state index is 13.0. The largest absolute Gasteiger partial charge is 0.379 e. The number of ether oxygens (including phenoxy) is 1. The van der Waals surface area contributed by atoms with Crippen LogP contribution in [-0.2, 0) is 11.3 Å². The summed E-state index contributed by atoms with van der Waals surface area (Å²) in [6, 6.07) is 8.48. The molecule has 1 aliphatic rings. The van der Waals surface area contributed by atoms with Gasteiger partial charge in [0.1, 0.15) is 5.69 Å². The van der Waals surface area contributed by atoms with E-state index in [0.29, 0.717) is 13.1 Å². The molecule has 2 heterocycles. The van der Waals surface area contributed by atoms with Crippen molar-refractivity contribution in [3.63, 3.8) is 0 Å². The first-order valence-electron chi connectivity index (χ1n) is 9.77.